The van der Waals surface area contributed by atoms with Crippen LogP contribution in [0.15, 0.2) is 12.4 Å². The minimum absolute atomic E-state index is 0.123. The molecule has 6 nitrogen and oxygen atoms in total. The number of aliphatic carboxylic acids is 1. The number of carboxylic acid groups (broad SMARTS) is 1. The summed E-state index contributed by atoms with van der Waals surface area (Å²) < 4.78 is 0. The van der Waals surface area contributed by atoms with Gasteiger partial charge in [0.1, 0.15) is 0 Å². The molecule has 0 saturated heterocycles. The van der Waals surface area contributed by atoms with Crippen molar-refractivity contribution in [2.45, 2.75) is 12.5 Å². The van der Waals surface area contributed by atoms with Gasteiger partial charge in [0.25, 0.3) is 0 Å². The van der Waals surface area contributed by atoms with Gasteiger partial charge in [-0.15, -0.1) is 0 Å². The quantitative estimate of drug-likeness (QED) is 0.626. The molecule has 0 unspecified atom stereocenters. The van der Waals surface area contributed by atoms with Crippen LogP contribution >= 0.6 is 0 Å². The molecular weight excluding hydrogens is 184 g/mol. The first-order valence-corrected chi connectivity index (χ1v) is 4.10. The van der Waals surface area contributed by atoms with Crippen LogP contribution in [0.1, 0.15) is 18.0 Å². The van der Waals surface area contributed by atoms with Gasteiger partial charge in [-0.05, 0) is 0 Å². The molecule has 0 aliphatic rings. The molecule has 76 valence electrons. The predicted molar refractivity (Wildman–Crippen MR) is 50.8 cm³/mol. The number of nitrogens with two attached hydrogens (primary N) is 1. The van der Waals surface area contributed by atoms with Crippen LogP contribution in [-0.4, -0.2) is 28.1 Å². The van der Waals surface area contributed by atoms with E-state index in [1.165, 1.54) is 12.4 Å². The second-order valence-electron chi connectivity index (χ2n) is 2.79. The van der Waals surface area contributed by atoms with Crippen molar-refractivity contribution in [2.24, 2.45) is 5.73 Å². The van der Waals surface area contributed by atoms with E-state index in [9.17, 15) is 4.79 Å². The van der Waals surface area contributed by atoms with E-state index < -0.39 is 12.0 Å². The molecule has 0 fully saturated rings. The molecule has 0 aromatic carbocycles. The molecule has 0 aliphatic heterocycles. The largest absolute Gasteiger partial charge is 0.481 e. The summed E-state index contributed by atoms with van der Waals surface area (Å²) in [7, 11) is 1.70. The number of aromatic nitrogens is 2. The van der Waals surface area contributed by atoms with E-state index in [2.05, 4.69) is 15.3 Å². The summed E-state index contributed by atoms with van der Waals surface area (Å²) >= 11 is 0. The molecule has 6 heteroatoms. The number of carboxylic acids is 1. The fourth-order valence-corrected chi connectivity index (χ4v) is 0.965. The zero-order chi connectivity index (χ0) is 10.6. The fourth-order valence-electron chi connectivity index (χ4n) is 0.965. The highest BCUT2D eigenvalue weighted by atomic mass is 16.4. The van der Waals surface area contributed by atoms with Gasteiger partial charge >= 0.3 is 5.97 Å². The lowest BCUT2D eigenvalue weighted by molar-refractivity contribution is -0.137. The normalized spacial score (nSPS) is 12.1. The van der Waals surface area contributed by atoms with Crippen molar-refractivity contribution in [3.63, 3.8) is 0 Å². The van der Waals surface area contributed by atoms with Crippen LogP contribution in [0, 0.1) is 0 Å². The summed E-state index contributed by atoms with van der Waals surface area (Å²) in [5, 5.41) is 11.3. The zero-order valence-corrected chi connectivity index (χ0v) is 7.77. The Bertz CT molecular complexity index is 312. The number of anilines is 1. The summed E-state index contributed by atoms with van der Waals surface area (Å²) in [5.41, 5.74) is 6.22. The van der Waals surface area contributed by atoms with Crippen LogP contribution in [0.3, 0.4) is 0 Å². The first kappa shape index (κ1) is 10.4. The topological polar surface area (TPSA) is 101 Å². The molecule has 1 heterocycles. The molecule has 0 spiro atoms. The lowest BCUT2D eigenvalue weighted by Crippen LogP contribution is -2.15. The van der Waals surface area contributed by atoms with Crippen molar-refractivity contribution in [1.82, 2.24) is 9.97 Å². The number of hydrogen-bond acceptors (Lipinski definition) is 5. The fraction of sp³-hybridized carbons (Fsp3) is 0.375. The van der Waals surface area contributed by atoms with E-state index in [0.29, 0.717) is 11.5 Å². The Morgan fingerprint density at radius 2 is 2.21 bits per heavy atom. The Morgan fingerprint density at radius 3 is 2.64 bits per heavy atom. The molecular formula is C8H12N4O2. The average Bonchev–Trinajstić information content (AvgIpc) is 2.17. The third-order valence-electron chi connectivity index (χ3n) is 1.72. The van der Waals surface area contributed by atoms with Crippen LogP contribution in [-0.2, 0) is 4.79 Å². The van der Waals surface area contributed by atoms with E-state index in [1.807, 2.05) is 0 Å². The molecule has 1 rings (SSSR count). The Labute approximate surface area is 81.2 Å². The number of nitrogens with zero attached hydrogens (tertiary/aromatic N) is 2. The van der Waals surface area contributed by atoms with Gasteiger partial charge in [-0.1, -0.05) is 0 Å². The lowest BCUT2D eigenvalue weighted by Gasteiger charge is -2.08. The first-order valence-electron chi connectivity index (χ1n) is 4.10. The maximum atomic E-state index is 10.4. The maximum absolute atomic E-state index is 10.4. The van der Waals surface area contributed by atoms with Crippen LogP contribution < -0.4 is 11.1 Å². The molecule has 1 aromatic heterocycles. The Balaban J connectivity index is 2.71. The van der Waals surface area contributed by atoms with E-state index in [-0.39, 0.29) is 6.42 Å². The van der Waals surface area contributed by atoms with Crippen molar-refractivity contribution in [1.29, 1.82) is 0 Å². The predicted octanol–water partition coefficient (Wildman–Crippen LogP) is -0.00720. The second-order valence-corrected chi connectivity index (χ2v) is 2.79. The molecule has 1 atom stereocenters. The van der Waals surface area contributed by atoms with Crippen molar-refractivity contribution >= 4 is 11.9 Å². The van der Waals surface area contributed by atoms with E-state index in [4.69, 9.17) is 10.8 Å². The summed E-state index contributed by atoms with van der Waals surface area (Å²) in [6, 6.07) is -0.557. The van der Waals surface area contributed by atoms with Crippen molar-refractivity contribution in [3.8, 4) is 0 Å². The Hall–Kier alpha value is -1.69. The summed E-state index contributed by atoms with van der Waals surface area (Å²) in [5.74, 6) is -0.452. The van der Waals surface area contributed by atoms with Crippen LogP contribution in [0.2, 0.25) is 0 Å². The smallest absolute Gasteiger partial charge is 0.305 e. The van der Waals surface area contributed by atoms with Gasteiger partial charge in [-0.25, -0.2) is 9.97 Å². The van der Waals surface area contributed by atoms with Gasteiger partial charge in [-0.2, -0.15) is 0 Å². The van der Waals surface area contributed by atoms with E-state index in [1.54, 1.807) is 7.05 Å². The minimum atomic E-state index is -0.935. The summed E-state index contributed by atoms with van der Waals surface area (Å²) in [6.45, 7) is 0. The highest BCUT2D eigenvalue weighted by Crippen LogP contribution is 2.12. The maximum Gasteiger partial charge on any atom is 0.305 e. The van der Waals surface area contributed by atoms with Gasteiger partial charge in [0, 0.05) is 31.0 Å². The van der Waals surface area contributed by atoms with Gasteiger partial charge in [0.2, 0.25) is 5.95 Å². The average molecular weight is 196 g/mol. The highest BCUT2D eigenvalue weighted by Gasteiger charge is 2.11. The van der Waals surface area contributed by atoms with Crippen LogP contribution in [0.4, 0.5) is 5.95 Å². The molecule has 4 N–H and O–H groups in total. The number of nitrogens with one attached hydrogen (secondary N) is 1. The number of hydrogen-bond donors (Lipinski definition) is 3. The Kier molecular flexibility index (Phi) is 3.35. The highest BCUT2D eigenvalue weighted by molar-refractivity contribution is 5.67. The van der Waals surface area contributed by atoms with Crippen molar-refractivity contribution in [3.05, 3.63) is 18.0 Å². The third-order valence-corrected chi connectivity index (χ3v) is 1.72. The molecule has 0 bridgehead atoms. The van der Waals surface area contributed by atoms with Gasteiger partial charge < -0.3 is 16.2 Å². The molecule has 0 radical (unpaired) electrons. The zero-order valence-electron chi connectivity index (χ0n) is 7.77. The van der Waals surface area contributed by atoms with Crippen LogP contribution in [0.5, 0.6) is 0 Å². The molecule has 1 aromatic rings. The standard InChI is InChI=1S/C8H12N4O2/c1-10-8-11-3-5(4-12-8)6(9)2-7(13)14/h3-4,6H,2,9H2,1H3,(H,13,14)(H,10,11,12)/t6-/m0/s1. The Morgan fingerprint density at radius 1 is 1.64 bits per heavy atom. The van der Waals surface area contributed by atoms with Crippen LogP contribution in [0.25, 0.3) is 0 Å². The summed E-state index contributed by atoms with van der Waals surface area (Å²) in [4.78, 5) is 18.2. The first-order chi connectivity index (χ1) is 6.63. The lowest BCUT2D eigenvalue weighted by atomic mass is 10.1. The third kappa shape index (κ3) is 2.67. The monoisotopic (exact) mass is 196 g/mol. The number of rotatable bonds is 4. The molecule has 0 amide bonds. The van der Waals surface area contributed by atoms with Crippen molar-refractivity contribution in [2.75, 3.05) is 12.4 Å². The minimum Gasteiger partial charge on any atom is -0.481 e. The van der Waals surface area contributed by atoms with Gasteiger partial charge in [-0.3, -0.25) is 4.79 Å². The SMILES string of the molecule is CNc1ncc([C@@H](N)CC(=O)O)cn1. The molecule has 14 heavy (non-hydrogen) atoms. The van der Waals surface area contributed by atoms with Gasteiger partial charge in [0.05, 0.1) is 6.42 Å². The molecule has 0 aliphatic carbocycles. The van der Waals surface area contributed by atoms with E-state index in [0.717, 1.165) is 0 Å². The van der Waals surface area contributed by atoms with E-state index >= 15 is 0 Å². The molecule has 0 saturated carbocycles. The second kappa shape index (κ2) is 4.52. The van der Waals surface area contributed by atoms with Crippen molar-refractivity contribution < 1.29 is 9.90 Å². The number of carbonyl (C=O) groups is 1. The van der Waals surface area contributed by atoms with Gasteiger partial charge in [0.15, 0.2) is 0 Å². The summed E-state index contributed by atoms with van der Waals surface area (Å²) in [6.07, 6.45) is 2.92.